The van der Waals surface area contributed by atoms with E-state index in [4.69, 9.17) is 6.42 Å². The average Bonchev–Trinajstić information content (AvgIpc) is 2.02. The van der Waals surface area contributed by atoms with Gasteiger partial charge in [0.1, 0.15) is 0 Å². The lowest BCUT2D eigenvalue weighted by molar-refractivity contribution is 0.383. The minimum Gasteiger partial charge on any atom is -0.310 e. The fourth-order valence-corrected chi connectivity index (χ4v) is 1.42. The Hall–Kier alpha value is -1.26. The fraction of sp³-hybridized carbons (Fsp3) is 0.273. The van der Waals surface area contributed by atoms with Crippen LogP contribution in [-0.4, -0.2) is 6.54 Å². The largest absolute Gasteiger partial charge is 0.310 e. The molecule has 1 heteroatoms. The summed E-state index contributed by atoms with van der Waals surface area (Å²) >= 11 is 0. The van der Waals surface area contributed by atoms with Crippen molar-refractivity contribution >= 4 is 0 Å². The van der Waals surface area contributed by atoms with E-state index in [1.807, 2.05) is 12.1 Å². The first kappa shape index (κ1) is 7.39. The van der Waals surface area contributed by atoms with Crippen molar-refractivity contribution in [3.05, 3.63) is 35.4 Å². The van der Waals surface area contributed by atoms with E-state index in [2.05, 4.69) is 23.4 Å². The molecule has 12 heavy (non-hydrogen) atoms. The standard InChI is InChI=1S/C11H11N/c1-2-9-4-3-5-10(8-9)11-6-7-12-11/h1,3-5,8,11-12H,6-7H2. The summed E-state index contributed by atoms with van der Waals surface area (Å²) in [4.78, 5) is 0. The maximum absolute atomic E-state index is 5.31. The van der Waals surface area contributed by atoms with Crippen molar-refractivity contribution < 1.29 is 0 Å². The Labute approximate surface area is 72.8 Å². The summed E-state index contributed by atoms with van der Waals surface area (Å²) in [6.45, 7) is 1.13. The molecule has 1 atom stereocenters. The molecular weight excluding hydrogens is 146 g/mol. The Balaban J connectivity index is 2.27. The summed E-state index contributed by atoms with van der Waals surface area (Å²) in [5.41, 5.74) is 2.29. The molecule has 0 aliphatic carbocycles. The van der Waals surface area contributed by atoms with Gasteiger partial charge in [-0.05, 0) is 30.7 Å². The van der Waals surface area contributed by atoms with Crippen molar-refractivity contribution in [3.8, 4) is 12.3 Å². The van der Waals surface area contributed by atoms with Crippen molar-refractivity contribution in [2.24, 2.45) is 0 Å². The van der Waals surface area contributed by atoms with Gasteiger partial charge in [0.15, 0.2) is 0 Å². The Morgan fingerprint density at radius 2 is 2.33 bits per heavy atom. The minimum atomic E-state index is 0.540. The second-order valence-electron chi connectivity index (χ2n) is 3.07. The lowest BCUT2D eigenvalue weighted by Gasteiger charge is -2.28. The van der Waals surface area contributed by atoms with Crippen LogP contribution in [0.1, 0.15) is 23.6 Å². The van der Waals surface area contributed by atoms with Crippen LogP contribution in [-0.2, 0) is 0 Å². The molecule has 0 bridgehead atoms. The number of hydrogen-bond acceptors (Lipinski definition) is 1. The van der Waals surface area contributed by atoms with Crippen molar-refractivity contribution in [1.82, 2.24) is 5.32 Å². The summed E-state index contributed by atoms with van der Waals surface area (Å²) in [5, 5.41) is 3.34. The van der Waals surface area contributed by atoms with E-state index in [1.165, 1.54) is 12.0 Å². The molecule has 2 rings (SSSR count). The molecule has 1 fully saturated rings. The normalized spacial score (nSPS) is 21.1. The van der Waals surface area contributed by atoms with Crippen molar-refractivity contribution in [2.45, 2.75) is 12.5 Å². The van der Waals surface area contributed by atoms with Gasteiger partial charge in [-0.3, -0.25) is 0 Å². The van der Waals surface area contributed by atoms with Crippen LogP contribution in [0.5, 0.6) is 0 Å². The molecule has 1 saturated heterocycles. The SMILES string of the molecule is C#Cc1cccc(C2CCN2)c1. The highest BCUT2D eigenvalue weighted by molar-refractivity contribution is 5.36. The molecule has 1 nitrogen and oxygen atoms in total. The number of rotatable bonds is 1. The predicted octanol–water partition coefficient (Wildman–Crippen LogP) is 1.70. The summed E-state index contributed by atoms with van der Waals surface area (Å²) in [6.07, 6.45) is 6.54. The topological polar surface area (TPSA) is 12.0 Å². The second-order valence-corrected chi connectivity index (χ2v) is 3.07. The molecule has 1 aromatic rings. The van der Waals surface area contributed by atoms with Gasteiger partial charge in [0, 0.05) is 11.6 Å². The number of benzene rings is 1. The molecule has 0 radical (unpaired) electrons. The summed E-state index contributed by atoms with van der Waals surface area (Å²) in [7, 11) is 0. The molecule has 1 N–H and O–H groups in total. The van der Waals surface area contributed by atoms with Crippen LogP contribution in [0.25, 0.3) is 0 Å². The van der Waals surface area contributed by atoms with E-state index in [-0.39, 0.29) is 0 Å². The zero-order valence-electron chi connectivity index (χ0n) is 6.88. The molecule has 1 heterocycles. The third-order valence-electron chi connectivity index (χ3n) is 2.28. The summed E-state index contributed by atoms with van der Waals surface area (Å²) < 4.78 is 0. The molecule has 0 saturated carbocycles. The Bertz CT molecular complexity index is 318. The predicted molar refractivity (Wildman–Crippen MR) is 49.7 cm³/mol. The maximum Gasteiger partial charge on any atom is 0.0332 e. The maximum atomic E-state index is 5.31. The van der Waals surface area contributed by atoms with E-state index in [1.54, 1.807) is 0 Å². The molecule has 60 valence electrons. The minimum absolute atomic E-state index is 0.540. The Morgan fingerprint density at radius 1 is 1.50 bits per heavy atom. The zero-order chi connectivity index (χ0) is 8.39. The van der Waals surface area contributed by atoms with Crippen molar-refractivity contribution in [1.29, 1.82) is 0 Å². The van der Waals surface area contributed by atoms with Gasteiger partial charge in [-0.15, -0.1) is 6.42 Å². The lowest BCUT2D eigenvalue weighted by Crippen LogP contribution is -2.34. The van der Waals surface area contributed by atoms with Crippen LogP contribution < -0.4 is 5.32 Å². The molecule has 1 aliphatic heterocycles. The number of hydrogen-bond donors (Lipinski definition) is 1. The molecule has 1 unspecified atom stereocenters. The summed E-state index contributed by atoms with van der Waals surface area (Å²) in [6, 6.07) is 8.72. The number of terminal acetylenes is 1. The molecular formula is C11H11N. The van der Waals surface area contributed by atoms with Gasteiger partial charge in [-0.1, -0.05) is 18.1 Å². The van der Waals surface area contributed by atoms with Crippen LogP contribution in [0.4, 0.5) is 0 Å². The van der Waals surface area contributed by atoms with Crippen LogP contribution in [0.15, 0.2) is 24.3 Å². The van der Waals surface area contributed by atoms with E-state index >= 15 is 0 Å². The van der Waals surface area contributed by atoms with Gasteiger partial charge < -0.3 is 5.32 Å². The third-order valence-corrected chi connectivity index (χ3v) is 2.28. The second kappa shape index (κ2) is 3.00. The number of nitrogens with one attached hydrogen (secondary N) is 1. The highest BCUT2D eigenvalue weighted by Gasteiger charge is 2.17. The van der Waals surface area contributed by atoms with Crippen LogP contribution in [0.3, 0.4) is 0 Å². The van der Waals surface area contributed by atoms with Gasteiger partial charge in [0.25, 0.3) is 0 Å². The van der Waals surface area contributed by atoms with E-state index < -0.39 is 0 Å². The van der Waals surface area contributed by atoms with Crippen LogP contribution in [0.2, 0.25) is 0 Å². The van der Waals surface area contributed by atoms with Crippen LogP contribution >= 0.6 is 0 Å². The smallest absolute Gasteiger partial charge is 0.0332 e. The molecule has 0 spiro atoms. The highest BCUT2D eigenvalue weighted by atomic mass is 15.0. The zero-order valence-corrected chi connectivity index (χ0v) is 6.88. The van der Waals surface area contributed by atoms with E-state index in [0.29, 0.717) is 6.04 Å². The Kier molecular flexibility index (Phi) is 1.85. The lowest BCUT2D eigenvalue weighted by atomic mass is 9.97. The van der Waals surface area contributed by atoms with Crippen molar-refractivity contribution in [3.63, 3.8) is 0 Å². The quantitative estimate of drug-likeness (QED) is 0.612. The molecule has 1 aliphatic rings. The molecule has 0 amide bonds. The van der Waals surface area contributed by atoms with Crippen LogP contribution in [0, 0.1) is 12.3 Å². The highest BCUT2D eigenvalue weighted by Crippen LogP contribution is 2.22. The van der Waals surface area contributed by atoms with Gasteiger partial charge in [0.05, 0.1) is 0 Å². The molecule has 1 aromatic carbocycles. The first-order valence-electron chi connectivity index (χ1n) is 4.20. The monoisotopic (exact) mass is 157 g/mol. The Morgan fingerprint density at radius 3 is 2.92 bits per heavy atom. The summed E-state index contributed by atoms with van der Waals surface area (Å²) in [5.74, 6) is 2.64. The van der Waals surface area contributed by atoms with Crippen molar-refractivity contribution in [2.75, 3.05) is 6.54 Å². The van der Waals surface area contributed by atoms with Gasteiger partial charge in [-0.25, -0.2) is 0 Å². The van der Waals surface area contributed by atoms with Gasteiger partial charge in [-0.2, -0.15) is 0 Å². The first-order chi connectivity index (χ1) is 5.90. The van der Waals surface area contributed by atoms with Gasteiger partial charge >= 0.3 is 0 Å². The fourth-order valence-electron chi connectivity index (χ4n) is 1.42. The molecule has 0 aromatic heterocycles. The van der Waals surface area contributed by atoms with Gasteiger partial charge in [0.2, 0.25) is 0 Å². The average molecular weight is 157 g/mol. The van der Waals surface area contributed by atoms with E-state index in [0.717, 1.165) is 12.1 Å². The van der Waals surface area contributed by atoms with E-state index in [9.17, 15) is 0 Å². The first-order valence-corrected chi connectivity index (χ1v) is 4.20. The third kappa shape index (κ3) is 1.22.